The molecule has 0 aliphatic rings. The lowest BCUT2D eigenvalue weighted by molar-refractivity contribution is -0.0627. The Morgan fingerprint density at radius 2 is 1.57 bits per heavy atom. The summed E-state index contributed by atoms with van der Waals surface area (Å²) >= 11 is 0. The van der Waals surface area contributed by atoms with Crippen molar-refractivity contribution in [3.05, 3.63) is 53.1 Å². The third kappa shape index (κ3) is 2.89. The maximum Gasteiger partial charge on any atom is 0.449 e. The van der Waals surface area contributed by atoms with Gasteiger partial charge >= 0.3 is 6.18 Å². The lowest BCUT2D eigenvalue weighted by Crippen LogP contribution is -2.38. The first-order valence-corrected chi connectivity index (χ1v) is 6.22. The minimum absolute atomic E-state index is 0.216. The van der Waals surface area contributed by atoms with E-state index in [9.17, 15) is 13.2 Å². The Hall–Kier alpha value is -2.37. The lowest BCUT2D eigenvalue weighted by Gasteiger charge is -2.17. The van der Waals surface area contributed by atoms with Crippen LogP contribution in [-0.2, 0) is 0 Å². The molecule has 0 atom stereocenters. The average Bonchev–Trinajstić information content (AvgIpc) is 2.39. The molecule has 21 heavy (non-hydrogen) atoms. The normalized spacial score (nSPS) is 11.5. The fourth-order valence-corrected chi connectivity index (χ4v) is 2.11. The Morgan fingerprint density at radius 1 is 1.00 bits per heavy atom. The predicted molar refractivity (Wildman–Crippen MR) is 74.4 cm³/mol. The van der Waals surface area contributed by atoms with Crippen LogP contribution in [0, 0.1) is 24.7 Å². The summed E-state index contributed by atoms with van der Waals surface area (Å²) in [5.74, 6) is -1.56. The van der Waals surface area contributed by atoms with E-state index in [1.807, 2.05) is 31.2 Å². The van der Waals surface area contributed by atoms with Crippen LogP contribution in [0.25, 0.3) is 11.1 Å². The molecule has 0 radical (unpaired) electrons. The summed E-state index contributed by atoms with van der Waals surface area (Å²) in [7, 11) is 0. The van der Waals surface area contributed by atoms with Crippen molar-refractivity contribution in [3.8, 4) is 11.1 Å². The third-order valence-electron chi connectivity index (χ3n) is 3.23. The molecule has 0 bridgehead atoms. The average molecular weight is 293 g/mol. The second-order valence-corrected chi connectivity index (χ2v) is 4.77. The van der Waals surface area contributed by atoms with Gasteiger partial charge in [0.15, 0.2) is 0 Å². The zero-order chi connectivity index (χ0) is 15.8. The van der Waals surface area contributed by atoms with E-state index in [0.29, 0.717) is 10.1 Å². The van der Waals surface area contributed by atoms with Gasteiger partial charge in [-0.25, -0.2) is 0 Å². The molecule has 0 saturated heterocycles. The number of alkyl halides is 3. The van der Waals surface area contributed by atoms with Crippen LogP contribution in [0.5, 0.6) is 0 Å². The van der Waals surface area contributed by atoms with Crippen LogP contribution in [-0.4, -0.2) is 16.6 Å². The summed E-state index contributed by atoms with van der Waals surface area (Å²) in [4.78, 5) is 0. The zero-order valence-electron chi connectivity index (χ0n) is 11.5. The van der Waals surface area contributed by atoms with Crippen molar-refractivity contribution >= 4 is 5.84 Å². The fraction of sp³-hybridized carbons (Fsp3) is 0.200. The lowest BCUT2D eigenvalue weighted by atomic mass is 10.0. The van der Waals surface area contributed by atoms with Gasteiger partial charge in [-0.3, -0.25) is 15.4 Å². The Kier molecular flexibility index (Phi) is 3.72. The number of halogens is 3. The van der Waals surface area contributed by atoms with E-state index < -0.39 is 12.0 Å². The van der Waals surface area contributed by atoms with Gasteiger partial charge in [0.2, 0.25) is 5.84 Å². The van der Waals surface area contributed by atoms with Gasteiger partial charge in [-0.05, 0) is 31.5 Å². The zero-order valence-corrected chi connectivity index (χ0v) is 11.5. The molecule has 110 valence electrons. The van der Waals surface area contributed by atoms with Crippen LogP contribution in [0.15, 0.2) is 36.4 Å². The minimum atomic E-state index is -4.79. The van der Waals surface area contributed by atoms with Gasteiger partial charge < -0.3 is 0 Å². The van der Waals surface area contributed by atoms with Gasteiger partial charge in [-0.2, -0.15) is 13.2 Å². The highest BCUT2D eigenvalue weighted by molar-refractivity contribution is 5.88. The summed E-state index contributed by atoms with van der Waals surface area (Å²) in [5, 5.41) is 14.9. The monoisotopic (exact) mass is 293 g/mol. The van der Waals surface area contributed by atoms with Gasteiger partial charge in [0.05, 0.1) is 0 Å². The van der Waals surface area contributed by atoms with Crippen LogP contribution in [0.4, 0.5) is 13.2 Å². The molecule has 0 aliphatic carbocycles. The number of benzene rings is 1. The maximum absolute atomic E-state index is 12.8. The van der Waals surface area contributed by atoms with E-state index in [1.165, 1.54) is 13.0 Å². The number of hydrogen-bond donors (Lipinski definition) is 2. The van der Waals surface area contributed by atoms with E-state index in [-0.39, 0.29) is 11.2 Å². The number of rotatable bonds is 1. The second kappa shape index (κ2) is 5.20. The summed E-state index contributed by atoms with van der Waals surface area (Å²) in [5.41, 5.74) is 2.21. The molecular formula is C15H14F3N3. The molecule has 6 heteroatoms. The minimum Gasteiger partial charge on any atom is -0.284 e. The van der Waals surface area contributed by atoms with Crippen LogP contribution in [0.2, 0.25) is 0 Å². The number of pyridine rings is 1. The molecule has 2 rings (SSSR count). The largest absolute Gasteiger partial charge is 0.449 e. The van der Waals surface area contributed by atoms with Crippen molar-refractivity contribution in [1.82, 2.24) is 4.57 Å². The van der Waals surface area contributed by atoms with Crippen LogP contribution in [0.3, 0.4) is 0 Å². The van der Waals surface area contributed by atoms with E-state index >= 15 is 0 Å². The maximum atomic E-state index is 12.8. The molecule has 0 unspecified atom stereocenters. The van der Waals surface area contributed by atoms with Gasteiger partial charge in [0.1, 0.15) is 5.49 Å². The topological polar surface area (TPSA) is 52.6 Å². The Labute approximate surface area is 119 Å². The summed E-state index contributed by atoms with van der Waals surface area (Å²) in [6, 6.07) is 10.2. The smallest absolute Gasteiger partial charge is 0.284 e. The summed E-state index contributed by atoms with van der Waals surface area (Å²) in [6.07, 6.45) is -4.79. The van der Waals surface area contributed by atoms with Gasteiger partial charge in [0.25, 0.3) is 0 Å². The first-order valence-electron chi connectivity index (χ1n) is 6.22. The first-order chi connectivity index (χ1) is 9.71. The van der Waals surface area contributed by atoms with Crippen molar-refractivity contribution in [2.45, 2.75) is 20.0 Å². The van der Waals surface area contributed by atoms with Crippen molar-refractivity contribution in [2.24, 2.45) is 0 Å². The van der Waals surface area contributed by atoms with Gasteiger partial charge in [-0.1, -0.05) is 29.8 Å². The molecule has 2 N–H and O–H groups in total. The molecule has 1 aromatic carbocycles. The van der Waals surface area contributed by atoms with Gasteiger partial charge in [-0.15, -0.1) is 0 Å². The van der Waals surface area contributed by atoms with E-state index in [2.05, 4.69) is 0 Å². The molecule has 1 heterocycles. The first kappa shape index (κ1) is 15.0. The number of nitrogens with zero attached hydrogens (tertiary/aromatic N) is 1. The number of aryl methyl sites for hydroxylation is 1. The predicted octanol–water partition coefficient (Wildman–Crippen LogP) is 3.64. The van der Waals surface area contributed by atoms with Crippen molar-refractivity contribution in [1.29, 1.82) is 10.8 Å². The molecule has 0 saturated carbocycles. The van der Waals surface area contributed by atoms with E-state index in [1.54, 1.807) is 6.07 Å². The van der Waals surface area contributed by atoms with Crippen molar-refractivity contribution in [3.63, 3.8) is 0 Å². The number of aromatic nitrogens is 1. The van der Waals surface area contributed by atoms with Crippen LogP contribution >= 0.6 is 0 Å². The molecule has 2 aromatic rings. The highest BCUT2D eigenvalue weighted by Crippen LogP contribution is 2.24. The standard InChI is InChI=1S/C15H14F3N3/c1-9-3-5-11(6-4-9)12-7-8-13(19)21(10(12)2)14(20)15(16,17)18/h3-8,19-20H,1-2H3. The fourth-order valence-electron chi connectivity index (χ4n) is 2.11. The Balaban J connectivity index is 2.65. The van der Waals surface area contributed by atoms with Crippen molar-refractivity contribution in [2.75, 3.05) is 0 Å². The van der Waals surface area contributed by atoms with Gasteiger partial charge in [0, 0.05) is 11.3 Å². The molecule has 0 amide bonds. The molecule has 0 aliphatic heterocycles. The highest BCUT2D eigenvalue weighted by Gasteiger charge is 2.37. The SMILES string of the molecule is Cc1ccc(-c2ccc(=N)n(C(=N)C(F)(F)F)c2C)cc1. The molecule has 0 spiro atoms. The van der Waals surface area contributed by atoms with Crippen LogP contribution < -0.4 is 5.49 Å². The quantitative estimate of drug-likeness (QED) is 0.596. The number of nitrogens with one attached hydrogen (secondary N) is 2. The summed E-state index contributed by atoms with van der Waals surface area (Å²) < 4.78 is 38.9. The Bertz CT molecular complexity index is 740. The van der Waals surface area contributed by atoms with Crippen molar-refractivity contribution < 1.29 is 13.2 Å². The Morgan fingerprint density at radius 3 is 2.10 bits per heavy atom. The molecule has 1 aromatic heterocycles. The van der Waals surface area contributed by atoms with E-state index in [0.717, 1.165) is 11.1 Å². The van der Waals surface area contributed by atoms with Crippen LogP contribution in [0.1, 0.15) is 11.3 Å². The highest BCUT2D eigenvalue weighted by atomic mass is 19.4. The van der Waals surface area contributed by atoms with E-state index in [4.69, 9.17) is 10.8 Å². The third-order valence-corrected chi connectivity index (χ3v) is 3.23. The molecule has 3 nitrogen and oxygen atoms in total. The summed E-state index contributed by atoms with van der Waals surface area (Å²) in [6.45, 7) is 3.40. The molecular weight excluding hydrogens is 279 g/mol. The number of hydrogen-bond acceptors (Lipinski definition) is 2. The molecule has 0 fully saturated rings. The second-order valence-electron chi connectivity index (χ2n) is 4.77.